The number of nitrogens with one attached hydrogen (secondary N) is 1. The summed E-state index contributed by atoms with van der Waals surface area (Å²) >= 11 is 0. The summed E-state index contributed by atoms with van der Waals surface area (Å²) in [5.41, 5.74) is 0. The average molecular weight is 227 g/mol. The van der Waals surface area contributed by atoms with E-state index in [-0.39, 0.29) is 0 Å². The van der Waals surface area contributed by atoms with Crippen molar-refractivity contribution in [1.29, 1.82) is 0 Å². The Hall–Kier alpha value is -0.120. The van der Waals surface area contributed by atoms with Gasteiger partial charge in [0.05, 0.1) is 0 Å². The third-order valence-electron chi connectivity index (χ3n) is 3.42. The average Bonchev–Trinajstić information content (AvgIpc) is 3.05. The van der Waals surface area contributed by atoms with Gasteiger partial charge in [-0.2, -0.15) is 0 Å². The van der Waals surface area contributed by atoms with Crippen molar-refractivity contribution >= 4 is 0 Å². The van der Waals surface area contributed by atoms with Gasteiger partial charge in [0.1, 0.15) is 0 Å². The summed E-state index contributed by atoms with van der Waals surface area (Å²) in [6, 6.07) is 0.716. The molecule has 1 rings (SSSR count). The predicted octanol–water partition coefficient (Wildman–Crippen LogP) is 1.26. The molecule has 0 bridgehead atoms. The van der Waals surface area contributed by atoms with Gasteiger partial charge >= 0.3 is 0 Å². The third-order valence-corrected chi connectivity index (χ3v) is 3.42. The van der Waals surface area contributed by atoms with Crippen molar-refractivity contribution in [2.75, 3.05) is 47.3 Å². The van der Waals surface area contributed by atoms with Crippen LogP contribution >= 0.6 is 0 Å². The van der Waals surface area contributed by atoms with E-state index in [2.05, 4.69) is 43.2 Å². The Kier molecular flexibility index (Phi) is 6.32. The van der Waals surface area contributed by atoms with Gasteiger partial charge in [-0.05, 0) is 52.9 Å². The lowest BCUT2D eigenvalue weighted by Gasteiger charge is -2.28. The first-order valence-electron chi connectivity index (χ1n) is 6.71. The van der Waals surface area contributed by atoms with Crippen LogP contribution < -0.4 is 5.32 Å². The summed E-state index contributed by atoms with van der Waals surface area (Å²) in [5.74, 6) is 0.948. The van der Waals surface area contributed by atoms with Crippen molar-refractivity contribution in [3.05, 3.63) is 0 Å². The lowest BCUT2D eigenvalue weighted by Crippen LogP contribution is -2.43. The fraction of sp³-hybridized carbons (Fsp3) is 1.00. The van der Waals surface area contributed by atoms with Crippen LogP contribution in [-0.4, -0.2) is 63.2 Å². The molecule has 1 fully saturated rings. The zero-order valence-corrected chi connectivity index (χ0v) is 11.5. The minimum atomic E-state index is 0.716. The van der Waals surface area contributed by atoms with Gasteiger partial charge in [-0.1, -0.05) is 6.92 Å². The molecular weight excluding hydrogens is 198 g/mol. The van der Waals surface area contributed by atoms with Gasteiger partial charge in [0.15, 0.2) is 0 Å². The molecule has 3 nitrogen and oxygen atoms in total. The highest BCUT2D eigenvalue weighted by Gasteiger charge is 2.30. The molecule has 3 heteroatoms. The minimum absolute atomic E-state index is 0.716. The van der Waals surface area contributed by atoms with Crippen molar-refractivity contribution in [3.63, 3.8) is 0 Å². The zero-order chi connectivity index (χ0) is 12.0. The first-order valence-corrected chi connectivity index (χ1v) is 6.71. The van der Waals surface area contributed by atoms with Crippen molar-refractivity contribution < 1.29 is 0 Å². The van der Waals surface area contributed by atoms with Crippen LogP contribution in [-0.2, 0) is 0 Å². The molecule has 1 atom stereocenters. The predicted molar refractivity (Wildman–Crippen MR) is 70.9 cm³/mol. The quantitative estimate of drug-likeness (QED) is 0.640. The van der Waals surface area contributed by atoms with Crippen molar-refractivity contribution in [2.45, 2.75) is 32.2 Å². The molecule has 0 amide bonds. The highest BCUT2D eigenvalue weighted by molar-refractivity contribution is 4.87. The van der Waals surface area contributed by atoms with E-state index in [1.54, 1.807) is 0 Å². The molecule has 0 aromatic heterocycles. The maximum atomic E-state index is 3.49. The summed E-state index contributed by atoms with van der Waals surface area (Å²) in [7, 11) is 6.42. The number of hydrogen-bond donors (Lipinski definition) is 1. The normalized spacial score (nSPS) is 18.4. The summed E-state index contributed by atoms with van der Waals surface area (Å²) < 4.78 is 0. The van der Waals surface area contributed by atoms with Crippen molar-refractivity contribution in [3.8, 4) is 0 Å². The largest absolute Gasteiger partial charge is 0.315 e. The topological polar surface area (TPSA) is 18.5 Å². The van der Waals surface area contributed by atoms with Crippen LogP contribution in [0.15, 0.2) is 0 Å². The van der Waals surface area contributed by atoms with Crippen LogP contribution in [0.1, 0.15) is 26.2 Å². The fourth-order valence-corrected chi connectivity index (χ4v) is 2.20. The Morgan fingerprint density at radius 2 is 1.88 bits per heavy atom. The Labute approximate surface area is 101 Å². The molecule has 1 unspecified atom stereocenters. The first-order chi connectivity index (χ1) is 7.67. The summed E-state index contributed by atoms with van der Waals surface area (Å²) in [5, 5.41) is 3.49. The van der Waals surface area contributed by atoms with Crippen molar-refractivity contribution in [1.82, 2.24) is 15.1 Å². The summed E-state index contributed by atoms with van der Waals surface area (Å²) in [4.78, 5) is 4.88. The molecule has 1 aliphatic carbocycles. The number of likely N-dealkylation sites (N-methyl/N-ethyl adjacent to an activating group) is 2. The molecule has 0 radical (unpaired) electrons. The molecule has 0 aromatic rings. The van der Waals surface area contributed by atoms with Gasteiger partial charge in [-0.3, -0.25) is 0 Å². The van der Waals surface area contributed by atoms with Crippen LogP contribution in [0.4, 0.5) is 0 Å². The molecule has 0 aliphatic heterocycles. The summed E-state index contributed by atoms with van der Waals surface area (Å²) in [6.45, 7) is 7.10. The Morgan fingerprint density at radius 3 is 2.31 bits per heavy atom. The maximum Gasteiger partial charge on any atom is 0.0220 e. The second kappa shape index (κ2) is 7.25. The summed E-state index contributed by atoms with van der Waals surface area (Å²) in [6.07, 6.45) is 4.12. The SMILES string of the molecule is CCCN(CCN(C)C)CC(NC)C1CC1. The molecular formula is C13H29N3. The van der Waals surface area contributed by atoms with E-state index in [0.29, 0.717) is 6.04 Å². The van der Waals surface area contributed by atoms with E-state index in [9.17, 15) is 0 Å². The number of rotatable bonds is 9. The van der Waals surface area contributed by atoms with E-state index in [0.717, 1.165) is 5.92 Å². The molecule has 1 saturated carbocycles. The van der Waals surface area contributed by atoms with Crippen LogP contribution in [0.5, 0.6) is 0 Å². The van der Waals surface area contributed by atoms with Gasteiger partial charge in [-0.15, -0.1) is 0 Å². The van der Waals surface area contributed by atoms with E-state index in [4.69, 9.17) is 0 Å². The molecule has 0 saturated heterocycles. The lowest BCUT2D eigenvalue weighted by molar-refractivity contribution is 0.213. The number of nitrogens with zero attached hydrogens (tertiary/aromatic N) is 2. The molecule has 96 valence electrons. The standard InChI is InChI=1S/C13H29N3/c1-5-8-16(10-9-15(3)4)11-13(14-2)12-6-7-12/h12-14H,5-11H2,1-4H3. The van der Waals surface area contributed by atoms with E-state index < -0.39 is 0 Å². The molecule has 0 heterocycles. The number of hydrogen-bond acceptors (Lipinski definition) is 3. The van der Waals surface area contributed by atoms with Gasteiger partial charge < -0.3 is 15.1 Å². The van der Waals surface area contributed by atoms with E-state index >= 15 is 0 Å². The second-order valence-electron chi connectivity index (χ2n) is 5.34. The Morgan fingerprint density at radius 1 is 1.19 bits per heavy atom. The fourth-order valence-electron chi connectivity index (χ4n) is 2.20. The molecule has 1 aliphatic rings. The molecule has 16 heavy (non-hydrogen) atoms. The molecule has 0 spiro atoms. The minimum Gasteiger partial charge on any atom is -0.315 e. The van der Waals surface area contributed by atoms with Crippen LogP contribution in [0.2, 0.25) is 0 Å². The Balaban J connectivity index is 2.29. The van der Waals surface area contributed by atoms with E-state index in [1.807, 2.05) is 0 Å². The molecule has 1 N–H and O–H groups in total. The van der Waals surface area contributed by atoms with Crippen LogP contribution in [0.25, 0.3) is 0 Å². The lowest BCUT2D eigenvalue weighted by atomic mass is 10.1. The highest BCUT2D eigenvalue weighted by atomic mass is 15.2. The molecule has 0 aromatic carbocycles. The second-order valence-corrected chi connectivity index (χ2v) is 5.34. The van der Waals surface area contributed by atoms with E-state index in [1.165, 1.54) is 45.4 Å². The monoisotopic (exact) mass is 227 g/mol. The third kappa shape index (κ3) is 5.28. The first kappa shape index (κ1) is 13.9. The van der Waals surface area contributed by atoms with Gasteiger partial charge in [0, 0.05) is 25.7 Å². The smallest absolute Gasteiger partial charge is 0.0220 e. The highest BCUT2D eigenvalue weighted by Crippen LogP contribution is 2.32. The zero-order valence-electron chi connectivity index (χ0n) is 11.5. The van der Waals surface area contributed by atoms with Gasteiger partial charge in [-0.25, -0.2) is 0 Å². The van der Waals surface area contributed by atoms with Crippen molar-refractivity contribution in [2.24, 2.45) is 5.92 Å². The Bertz CT molecular complexity index is 178. The maximum absolute atomic E-state index is 3.49. The van der Waals surface area contributed by atoms with Gasteiger partial charge in [0.25, 0.3) is 0 Å². The van der Waals surface area contributed by atoms with Crippen LogP contribution in [0, 0.1) is 5.92 Å². The van der Waals surface area contributed by atoms with Crippen LogP contribution in [0.3, 0.4) is 0 Å². The van der Waals surface area contributed by atoms with Gasteiger partial charge in [0.2, 0.25) is 0 Å².